The molecule has 5 nitrogen and oxygen atoms in total. The van der Waals surface area contributed by atoms with Crippen LogP contribution in [0.1, 0.15) is 22.8 Å². The molecule has 0 amide bonds. The van der Waals surface area contributed by atoms with E-state index in [0.717, 1.165) is 39.4 Å². The van der Waals surface area contributed by atoms with Crippen LogP contribution in [0.3, 0.4) is 0 Å². The maximum Gasteiger partial charge on any atom is 0.149 e. The van der Waals surface area contributed by atoms with E-state index >= 15 is 0 Å². The van der Waals surface area contributed by atoms with Crippen molar-refractivity contribution >= 4 is 22.7 Å². The molecule has 0 unspecified atom stereocenters. The fraction of sp³-hybridized carbons (Fsp3) is 0.130. The van der Waals surface area contributed by atoms with E-state index < -0.39 is 0 Å². The van der Waals surface area contributed by atoms with Gasteiger partial charge < -0.3 is 14.3 Å². The van der Waals surface area contributed by atoms with E-state index in [4.69, 9.17) is 4.74 Å². The number of aromatic amines is 1. The standard InChI is InChI=1S/C23H20N4O/c1-15-11-17(16(2)27(15)19-7-5-4-6-8-19)12-18(14-24)23-25-21-10-9-20(28-3)13-22(21)26-23/h4-13H,1-3H3,(H,25,26). The number of imidazole rings is 1. The van der Waals surface area contributed by atoms with Gasteiger partial charge in [0.05, 0.1) is 23.7 Å². The van der Waals surface area contributed by atoms with Crippen molar-refractivity contribution in [3.63, 3.8) is 0 Å². The van der Waals surface area contributed by atoms with Gasteiger partial charge in [-0.3, -0.25) is 0 Å². The summed E-state index contributed by atoms with van der Waals surface area (Å²) in [6, 6.07) is 20.2. The van der Waals surface area contributed by atoms with Gasteiger partial charge in [-0.15, -0.1) is 0 Å². The predicted molar refractivity (Wildman–Crippen MR) is 111 cm³/mol. The number of ether oxygens (including phenoxy) is 1. The summed E-state index contributed by atoms with van der Waals surface area (Å²) in [7, 11) is 1.63. The average molecular weight is 368 g/mol. The first-order valence-corrected chi connectivity index (χ1v) is 9.01. The minimum absolute atomic E-state index is 0.489. The third-order valence-electron chi connectivity index (χ3n) is 4.85. The molecule has 2 aromatic heterocycles. The van der Waals surface area contributed by atoms with Gasteiger partial charge in [0.15, 0.2) is 0 Å². The average Bonchev–Trinajstić information content (AvgIpc) is 3.26. The zero-order valence-corrected chi connectivity index (χ0v) is 16.0. The monoisotopic (exact) mass is 368 g/mol. The van der Waals surface area contributed by atoms with E-state index in [-0.39, 0.29) is 0 Å². The number of methoxy groups -OCH3 is 1. The highest BCUT2D eigenvalue weighted by molar-refractivity contribution is 5.91. The lowest BCUT2D eigenvalue weighted by Gasteiger charge is -2.09. The van der Waals surface area contributed by atoms with E-state index in [1.807, 2.05) is 42.5 Å². The summed E-state index contributed by atoms with van der Waals surface area (Å²) in [5, 5.41) is 9.74. The van der Waals surface area contributed by atoms with Crippen molar-refractivity contribution in [1.82, 2.24) is 14.5 Å². The van der Waals surface area contributed by atoms with Crippen molar-refractivity contribution < 1.29 is 4.74 Å². The molecule has 0 aliphatic rings. The molecule has 0 radical (unpaired) electrons. The zero-order chi connectivity index (χ0) is 19.7. The van der Waals surface area contributed by atoms with Crippen LogP contribution in [0.25, 0.3) is 28.4 Å². The van der Waals surface area contributed by atoms with Crippen molar-refractivity contribution in [1.29, 1.82) is 5.26 Å². The number of rotatable bonds is 4. The largest absolute Gasteiger partial charge is 0.497 e. The number of allylic oxidation sites excluding steroid dienone is 1. The number of para-hydroxylation sites is 1. The molecule has 0 bridgehead atoms. The molecule has 0 aliphatic heterocycles. The predicted octanol–water partition coefficient (Wildman–Crippen LogP) is 5.04. The molecule has 4 rings (SSSR count). The van der Waals surface area contributed by atoms with E-state index in [0.29, 0.717) is 11.4 Å². The van der Waals surface area contributed by atoms with Crippen LogP contribution in [-0.2, 0) is 0 Å². The number of hydrogen-bond acceptors (Lipinski definition) is 3. The quantitative estimate of drug-likeness (QED) is 0.513. The second-order valence-electron chi connectivity index (χ2n) is 6.64. The van der Waals surface area contributed by atoms with Crippen LogP contribution in [0.15, 0.2) is 54.6 Å². The first-order valence-electron chi connectivity index (χ1n) is 9.01. The Morgan fingerprint density at radius 1 is 1.14 bits per heavy atom. The number of hydrogen-bond donors (Lipinski definition) is 1. The van der Waals surface area contributed by atoms with Gasteiger partial charge in [-0.25, -0.2) is 4.98 Å². The molecule has 138 valence electrons. The van der Waals surface area contributed by atoms with Gasteiger partial charge in [0.2, 0.25) is 0 Å². The number of benzene rings is 2. The molecule has 0 fully saturated rings. The fourth-order valence-electron chi connectivity index (χ4n) is 3.46. The Bertz CT molecular complexity index is 1220. The summed E-state index contributed by atoms with van der Waals surface area (Å²) in [6.07, 6.45) is 1.89. The van der Waals surface area contributed by atoms with Crippen LogP contribution in [0.4, 0.5) is 0 Å². The number of nitrogens with zero attached hydrogens (tertiary/aromatic N) is 3. The zero-order valence-electron chi connectivity index (χ0n) is 16.0. The van der Waals surface area contributed by atoms with Crippen LogP contribution < -0.4 is 4.74 Å². The number of aryl methyl sites for hydroxylation is 1. The minimum atomic E-state index is 0.489. The van der Waals surface area contributed by atoms with E-state index in [1.165, 1.54) is 0 Å². The van der Waals surface area contributed by atoms with Crippen LogP contribution in [0.5, 0.6) is 5.75 Å². The summed E-state index contributed by atoms with van der Waals surface area (Å²) >= 11 is 0. The van der Waals surface area contributed by atoms with Crippen molar-refractivity contribution in [2.24, 2.45) is 0 Å². The van der Waals surface area contributed by atoms with E-state index in [1.54, 1.807) is 7.11 Å². The van der Waals surface area contributed by atoms with E-state index in [9.17, 15) is 5.26 Å². The Kier molecular flexibility index (Phi) is 4.46. The lowest BCUT2D eigenvalue weighted by Crippen LogP contribution is -1.98. The van der Waals surface area contributed by atoms with Crippen LogP contribution in [0.2, 0.25) is 0 Å². The van der Waals surface area contributed by atoms with Gasteiger partial charge in [-0.05, 0) is 55.8 Å². The van der Waals surface area contributed by atoms with Gasteiger partial charge in [0, 0.05) is 23.1 Å². The van der Waals surface area contributed by atoms with Crippen LogP contribution in [-0.4, -0.2) is 21.6 Å². The molecule has 2 heterocycles. The maximum atomic E-state index is 9.74. The van der Waals surface area contributed by atoms with Crippen molar-refractivity contribution in [2.75, 3.05) is 7.11 Å². The lowest BCUT2D eigenvalue weighted by atomic mass is 10.1. The van der Waals surface area contributed by atoms with Gasteiger partial charge >= 0.3 is 0 Å². The first-order chi connectivity index (χ1) is 13.6. The Morgan fingerprint density at radius 2 is 1.93 bits per heavy atom. The Labute approximate surface area is 163 Å². The van der Waals surface area contributed by atoms with Crippen LogP contribution >= 0.6 is 0 Å². The third-order valence-corrected chi connectivity index (χ3v) is 4.85. The Balaban J connectivity index is 1.78. The number of H-pyrrole nitrogens is 1. The molecule has 2 aromatic carbocycles. The maximum absolute atomic E-state index is 9.74. The summed E-state index contributed by atoms with van der Waals surface area (Å²) in [4.78, 5) is 7.79. The Morgan fingerprint density at radius 3 is 2.64 bits per heavy atom. The number of fused-ring (bicyclic) bond motifs is 1. The van der Waals surface area contributed by atoms with Gasteiger partial charge in [0.25, 0.3) is 0 Å². The minimum Gasteiger partial charge on any atom is -0.497 e. The summed E-state index contributed by atoms with van der Waals surface area (Å²) in [5.74, 6) is 1.30. The number of nitrogens with one attached hydrogen (secondary N) is 1. The summed E-state index contributed by atoms with van der Waals surface area (Å²) < 4.78 is 7.44. The molecule has 28 heavy (non-hydrogen) atoms. The first kappa shape index (κ1) is 17.6. The smallest absolute Gasteiger partial charge is 0.149 e. The normalized spacial score (nSPS) is 11.6. The van der Waals surface area contributed by atoms with Gasteiger partial charge in [-0.2, -0.15) is 5.26 Å². The molecule has 0 atom stereocenters. The highest BCUT2D eigenvalue weighted by Crippen LogP contribution is 2.26. The fourth-order valence-corrected chi connectivity index (χ4v) is 3.46. The van der Waals surface area contributed by atoms with Gasteiger partial charge in [0.1, 0.15) is 17.6 Å². The molecular formula is C23H20N4O. The topological polar surface area (TPSA) is 66.6 Å². The molecule has 5 heteroatoms. The van der Waals surface area contributed by atoms with Gasteiger partial charge in [-0.1, -0.05) is 18.2 Å². The highest BCUT2D eigenvalue weighted by Gasteiger charge is 2.13. The SMILES string of the molecule is COc1ccc2nc(C(C#N)=Cc3cc(C)n(-c4ccccc4)c3C)[nH]c2c1. The van der Waals surface area contributed by atoms with Crippen LogP contribution in [0, 0.1) is 25.2 Å². The summed E-state index contributed by atoms with van der Waals surface area (Å²) in [6.45, 7) is 4.13. The Hall–Kier alpha value is -3.78. The molecule has 0 saturated heterocycles. The number of nitriles is 1. The molecule has 0 saturated carbocycles. The molecule has 4 aromatic rings. The molecule has 1 N–H and O–H groups in total. The van der Waals surface area contributed by atoms with Crippen molar-refractivity contribution in [3.05, 3.63) is 77.4 Å². The third kappa shape index (κ3) is 3.06. The van der Waals surface area contributed by atoms with Crippen molar-refractivity contribution in [3.8, 4) is 17.5 Å². The second kappa shape index (κ2) is 7.09. The second-order valence-corrected chi connectivity index (χ2v) is 6.64. The summed E-state index contributed by atoms with van der Waals surface area (Å²) in [5.41, 5.74) is 6.42. The molecule has 0 aliphatic carbocycles. The molecule has 0 spiro atoms. The molecular weight excluding hydrogens is 348 g/mol. The lowest BCUT2D eigenvalue weighted by molar-refractivity contribution is 0.415. The number of aromatic nitrogens is 3. The van der Waals surface area contributed by atoms with Crippen molar-refractivity contribution in [2.45, 2.75) is 13.8 Å². The van der Waals surface area contributed by atoms with E-state index in [2.05, 4.69) is 52.7 Å². The highest BCUT2D eigenvalue weighted by atomic mass is 16.5.